The molecule has 0 saturated carbocycles. The Morgan fingerprint density at radius 2 is 2.05 bits per heavy atom. The first-order valence-electron chi connectivity index (χ1n) is 6.72. The van der Waals surface area contributed by atoms with Crippen molar-refractivity contribution in [2.24, 2.45) is 10.6 Å². The molecule has 1 aliphatic rings. The summed E-state index contributed by atoms with van der Waals surface area (Å²) in [4.78, 5) is 13.8. The van der Waals surface area contributed by atoms with E-state index in [0.717, 1.165) is 31.0 Å². The molecule has 21 heavy (non-hydrogen) atoms. The third kappa shape index (κ3) is 3.59. The Morgan fingerprint density at radius 1 is 1.38 bits per heavy atom. The van der Waals surface area contributed by atoms with Crippen molar-refractivity contribution in [3.8, 4) is 0 Å². The van der Waals surface area contributed by atoms with Gasteiger partial charge in [0.05, 0.1) is 10.5 Å². The van der Waals surface area contributed by atoms with Crippen molar-refractivity contribution in [2.45, 2.75) is 31.6 Å². The number of rotatable bonds is 2. The number of likely N-dealkylation sites (tertiary alicyclic amines) is 1. The summed E-state index contributed by atoms with van der Waals surface area (Å²) in [7, 11) is -4.08. The number of piperidine rings is 1. The Balaban J connectivity index is 2.41. The summed E-state index contributed by atoms with van der Waals surface area (Å²) in [6.45, 7) is 5.12. The second kappa shape index (κ2) is 5.38. The molecule has 0 aliphatic carbocycles. The van der Waals surface area contributed by atoms with Crippen molar-refractivity contribution in [1.29, 1.82) is 0 Å². The van der Waals surface area contributed by atoms with Crippen LogP contribution in [0.15, 0.2) is 23.1 Å². The first kappa shape index (κ1) is 15.9. The highest BCUT2D eigenvalue weighted by atomic mass is 32.2. The van der Waals surface area contributed by atoms with Gasteiger partial charge in [-0.3, -0.25) is 4.79 Å². The third-order valence-electron chi connectivity index (χ3n) is 3.67. The lowest BCUT2D eigenvalue weighted by molar-refractivity contribution is 0.0579. The summed E-state index contributed by atoms with van der Waals surface area (Å²) in [5.74, 6) is -1.16. The molecule has 7 heteroatoms. The zero-order valence-corrected chi connectivity index (χ0v) is 12.9. The van der Waals surface area contributed by atoms with Crippen LogP contribution in [0.1, 0.15) is 37.0 Å². The van der Waals surface area contributed by atoms with Gasteiger partial charge < -0.3 is 4.90 Å². The molecule has 0 atom stereocenters. The normalized spacial score (nSPS) is 18.6. The molecule has 0 aromatic heterocycles. The van der Waals surface area contributed by atoms with Gasteiger partial charge >= 0.3 is 0 Å². The number of nitrogens with two attached hydrogens (primary N) is 1. The van der Waals surface area contributed by atoms with Crippen LogP contribution in [0, 0.1) is 11.2 Å². The van der Waals surface area contributed by atoms with Crippen LogP contribution < -0.4 is 5.14 Å². The van der Waals surface area contributed by atoms with E-state index in [2.05, 4.69) is 0 Å². The Bertz CT molecular complexity index is 671. The lowest BCUT2D eigenvalue weighted by Crippen LogP contribution is -2.44. The molecule has 1 aliphatic heterocycles. The van der Waals surface area contributed by atoms with E-state index in [1.165, 1.54) is 0 Å². The summed E-state index contributed by atoms with van der Waals surface area (Å²) >= 11 is 0. The highest BCUT2D eigenvalue weighted by Gasteiger charge is 2.31. The molecule has 5 nitrogen and oxygen atoms in total. The first-order chi connectivity index (χ1) is 9.60. The molecule has 0 spiro atoms. The fraction of sp³-hybridized carbons (Fsp3) is 0.500. The molecule has 1 amide bonds. The molecule has 1 aromatic rings. The highest BCUT2D eigenvalue weighted by molar-refractivity contribution is 7.89. The molecule has 0 radical (unpaired) electrons. The molecule has 0 unspecified atom stereocenters. The molecule has 116 valence electrons. The van der Waals surface area contributed by atoms with Crippen molar-refractivity contribution in [3.63, 3.8) is 0 Å². The highest BCUT2D eigenvalue weighted by Crippen LogP contribution is 2.30. The van der Waals surface area contributed by atoms with E-state index in [4.69, 9.17) is 5.14 Å². The van der Waals surface area contributed by atoms with Gasteiger partial charge in [0.2, 0.25) is 10.0 Å². The topological polar surface area (TPSA) is 80.5 Å². The van der Waals surface area contributed by atoms with Crippen molar-refractivity contribution < 1.29 is 17.6 Å². The zero-order chi connectivity index (χ0) is 15.8. The van der Waals surface area contributed by atoms with Gasteiger partial charge in [-0.2, -0.15) is 0 Å². The largest absolute Gasteiger partial charge is 0.338 e. The van der Waals surface area contributed by atoms with Gasteiger partial charge in [-0.1, -0.05) is 13.8 Å². The van der Waals surface area contributed by atoms with E-state index in [0.29, 0.717) is 13.1 Å². The maximum absolute atomic E-state index is 13.4. The van der Waals surface area contributed by atoms with E-state index < -0.39 is 21.7 Å². The fourth-order valence-corrected chi connectivity index (χ4v) is 3.39. The predicted molar refractivity (Wildman–Crippen MR) is 76.7 cm³/mol. The molecular formula is C14H19FN2O3S. The van der Waals surface area contributed by atoms with E-state index in [-0.39, 0.29) is 15.9 Å². The molecule has 2 rings (SSSR count). The minimum atomic E-state index is -4.08. The zero-order valence-electron chi connectivity index (χ0n) is 12.1. The van der Waals surface area contributed by atoms with E-state index in [9.17, 15) is 17.6 Å². The van der Waals surface area contributed by atoms with Gasteiger partial charge in [0.25, 0.3) is 5.91 Å². The van der Waals surface area contributed by atoms with Crippen LogP contribution in [-0.2, 0) is 10.0 Å². The number of amides is 1. The molecule has 1 fully saturated rings. The first-order valence-corrected chi connectivity index (χ1v) is 8.26. The average Bonchev–Trinajstić information content (AvgIpc) is 2.35. The second-order valence-corrected chi connectivity index (χ2v) is 7.71. The maximum atomic E-state index is 13.4. The molecule has 1 saturated heterocycles. The smallest absolute Gasteiger partial charge is 0.255 e. The van der Waals surface area contributed by atoms with Gasteiger partial charge in [0, 0.05) is 13.1 Å². The lowest BCUT2D eigenvalue weighted by atomic mass is 9.84. The van der Waals surface area contributed by atoms with Crippen LogP contribution in [0.4, 0.5) is 4.39 Å². The summed E-state index contributed by atoms with van der Waals surface area (Å²) in [5.41, 5.74) is -0.238. The van der Waals surface area contributed by atoms with Gasteiger partial charge in [-0.05, 0) is 36.5 Å². The van der Waals surface area contributed by atoms with Crippen molar-refractivity contribution in [3.05, 3.63) is 29.6 Å². The second-order valence-electron chi connectivity index (χ2n) is 6.18. The van der Waals surface area contributed by atoms with Crippen LogP contribution >= 0.6 is 0 Å². The van der Waals surface area contributed by atoms with E-state index in [1.54, 1.807) is 4.90 Å². The lowest BCUT2D eigenvalue weighted by Gasteiger charge is -2.38. The van der Waals surface area contributed by atoms with Crippen molar-refractivity contribution in [1.82, 2.24) is 4.90 Å². The monoisotopic (exact) mass is 314 g/mol. The number of nitrogens with zero attached hydrogens (tertiary/aromatic N) is 1. The van der Waals surface area contributed by atoms with Crippen LogP contribution in [0.3, 0.4) is 0 Å². The minimum absolute atomic E-state index is 0.0387. The van der Waals surface area contributed by atoms with Crippen LogP contribution in [-0.4, -0.2) is 32.3 Å². The third-order valence-corrected chi connectivity index (χ3v) is 4.64. The van der Waals surface area contributed by atoms with Gasteiger partial charge in [-0.15, -0.1) is 0 Å². The fourth-order valence-electron chi connectivity index (χ4n) is 2.68. The molecule has 0 bridgehead atoms. The number of benzene rings is 1. The summed E-state index contributed by atoms with van der Waals surface area (Å²) in [6, 6.07) is 2.95. The summed E-state index contributed by atoms with van der Waals surface area (Å²) < 4.78 is 36.5. The van der Waals surface area contributed by atoms with E-state index >= 15 is 0 Å². The number of hydrogen-bond acceptors (Lipinski definition) is 3. The number of carbonyl (C=O) groups is 1. The molecule has 1 aromatic carbocycles. The maximum Gasteiger partial charge on any atom is 0.255 e. The minimum Gasteiger partial charge on any atom is -0.338 e. The number of carbonyl (C=O) groups excluding carboxylic acids is 1. The number of sulfonamides is 1. The summed E-state index contributed by atoms with van der Waals surface area (Å²) in [5, 5.41) is 5.11. The van der Waals surface area contributed by atoms with Crippen molar-refractivity contribution in [2.75, 3.05) is 13.1 Å². The molecular weight excluding hydrogens is 295 g/mol. The summed E-state index contributed by atoms with van der Waals surface area (Å²) in [6.07, 6.45) is 1.82. The average molecular weight is 314 g/mol. The molecule has 2 N–H and O–H groups in total. The van der Waals surface area contributed by atoms with Crippen LogP contribution in [0.25, 0.3) is 0 Å². The molecule has 1 heterocycles. The number of primary sulfonamides is 1. The Hall–Kier alpha value is -1.47. The number of hydrogen-bond donors (Lipinski definition) is 1. The quantitative estimate of drug-likeness (QED) is 0.903. The van der Waals surface area contributed by atoms with Gasteiger partial charge in [0.1, 0.15) is 5.82 Å². The number of halogens is 1. The predicted octanol–water partition coefficient (Wildman–Crippen LogP) is 1.74. The van der Waals surface area contributed by atoms with E-state index in [1.807, 2.05) is 13.8 Å². The Kier molecular flexibility index (Phi) is 4.08. The standard InChI is InChI=1S/C14H19FN2O3S/c1-14(2)6-3-7-17(9-14)13(18)11-8-10(15)4-5-12(11)21(16,19)20/h4-5,8H,3,6-7,9H2,1-2H3,(H2,16,19,20). The van der Waals surface area contributed by atoms with Crippen LogP contribution in [0.2, 0.25) is 0 Å². The van der Waals surface area contributed by atoms with Gasteiger partial charge in [-0.25, -0.2) is 17.9 Å². The SMILES string of the molecule is CC1(C)CCCN(C(=O)c2cc(F)ccc2S(N)(=O)=O)C1. The van der Waals surface area contributed by atoms with Crippen molar-refractivity contribution >= 4 is 15.9 Å². The Morgan fingerprint density at radius 3 is 2.62 bits per heavy atom. The van der Waals surface area contributed by atoms with Crippen LogP contribution in [0.5, 0.6) is 0 Å². The Labute approximate surface area is 124 Å². The van der Waals surface area contributed by atoms with Gasteiger partial charge in [0.15, 0.2) is 0 Å².